The molecule has 4 rings (SSSR count). The molecule has 2 aromatic carbocycles. The highest BCUT2D eigenvalue weighted by atomic mass is 16.5. The van der Waals surface area contributed by atoms with Gasteiger partial charge >= 0.3 is 0 Å². The molecule has 0 spiro atoms. The van der Waals surface area contributed by atoms with Crippen LogP contribution in [0.25, 0.3) is 10.8 Å². The lowest BCUT2D eigenvalue weighted by atomic mass is 9.88. The normalized spacial score (nSPS) is 20.1. The summed E-state index contributed by atoms with van der Waals surface area (Å²) < 4.78 is 5.99. The fourth-order valence-corrected chi connectivity index (χ4v) is 3.70. The van der Waals surface area contributed by atoms with Crippen molar-refractivity contribution in [3.63, 3.8) is 0 Å². The van der Waals surface area contributed by atoms with Gasteiger partial charge in [0.2, 0.25) is 5.88 Å². The number of pyridine rings is 1. The van der Waals surface area contributed by atoms with Gasteiger partial charge in [-0.25, -0.2) is 4.98 Å². The summed E-state index contributed by atoms with van der Waals surface area (Å²) in [5.74, 6) is 2.50. The van der Waals surface area contributed by atoms with Crippen LogP contribution >= 0.6 is 0 Å². The van der Waals surface area contributed by atoms with Crippen LogP contribution in [0, 0.1) is 5.92 Å². The molecule has 1 aliphatic rings. The molecule has 1 heterocycles. The molecule has 2 N–H and O–H groups in total. The summed E-state index contributed by atoms with van der Waals surface area (Å²) >= 11 is 0. The SMILES string of the molecule is CC1CCC(N=C(NO)c2ccc(Oc3cccc4ccccc34)nc2)CC1. The molecule has 0 radical (unpaired) electrons. The van der Waals surface area contributed by atoms with Gasteiger partial charge in [0.25, 0.3) is 0 Å². The van der Waals surface area contributed by atoms with E-state index < -0.39 is 0 Å². The first-order chi connectivity index (χ1) is 13.7. The zero-order valence-corrected chi connectivity index (χ0v) is 16.0. The molecular weight excluding hydrogens is 350 g/mol. The molecule has 0 unspecified atom stereocenters. The van der Waals surface area contributed by atoms with Crippen molar-refractivity contribution in [1.29, 1.82) is 0 Å². The van der Waals surface area contributed by atoms with Crippen LogP contribution in [0.15, 0.2) is 65.8 Å². The Hall–Kier alpha value is -2.92. The second kappa shape index (κ2) is 8.40. The molecule has 0 aliphatic heterocycles. The zero-order valence-electron chi connectivity index (χ0n) is 16.0. The first-order valence-corrected chi connectivity index (χ1v) is 9.83. The Bertz CT molecular complexity index is 956. The minimum atomic E-state index is 0.248. The Morgan fingerprint density at radius 1 is 1.04 bits per heavy atom. The lowest BCUT2D eigenvalue weighted by Gasteiger charge is -2.23. The number of hydrogen-bond donors (Lipinski definition) is 2. The Labute approximate surface area is 165 Å². The molecule has 3 aromatic rings. The minimum Gasteiger partial charge on any atom is -0.438 e. The van der Waals surface area contributed by atoms with Crippen molar-refractivity contribution in [2.75, 3.05) is 0 Å². The van der Waals surface area contributed by atoms with E-state index >= 15 is 0 Å². The number of ether oxygens (including phenoxy) is 1. The van der Waals surface area contributed by atoms with E-state index in [0.29, 0.717) is 11.7 Å². The Morgan fingerprint density at radius 2 is 1.82 bits per heavy atom. The molecular formula is C23H25N3O2. The highest BCUT2D eigenvalue weighted by molar-refractivity contribution is 5.97. The van der Waals surface area contributed by atoms with Crippen molar-refractivity contribution in [2.24, 2.45) is 10.9 Å². The lowest BCUT2D eigenvalue weighted by Crippen LogP contribution is -2.25. The fraction of sp³-hybridized carbons (Fsp3) is 0.304. The Morgan fingerprint density at radius 3 is 2.57 bits per heavy atom. The fourth-order valence-electron chi connectivity index (χ4n) is 3.70. The van der Waals surface area contributed by atoms with Gasteiger partial charge in [0.1, 0.15) is 5.75 Å². The average Bonchev–Trinajstić information content (AvgIpc) is 2.74. The quantitative estimate of drug-likeness (QED) is 0.367. The van der Waals surface area contributed by atoms with E-state index in [2.05, 4.69) is 34.5 Å². The number of aliphatic imine (C=N–C) groups is 1. The maximum absolute atomic E-state index is 9.55. The van der Waals surface area contributed by atoms with E-state index in [1.807, 2.05) is 36.4 Å². The van der Waals surface area contributed by atoms with Crippen molar-refractivity contribution >= 4 is 16.6 Å². The van der Waals surface area contributed by atoms with Crippen LogP contribution in [-0.2, 0) is 0 Å². The van der Waals surface area contributed by atoms with Crippen LogP contribution in [0.3, 0.4) is 0 Å². The summed E-state index contributed by atoms with van der Waals surface area (Å²) in [5.41, 5.74) is 2.98. The first-order valence-electron chi connectivity index (χ1n) is 9.83. The summed E-state index contributed by atoms with van der Waals surface area (Å²) in [6, 6.07) is 18.0. The molecule has 28 heavy (non-hydrogen) atoms. The van der Waals surface area contributed by atoms with Crippen LogP contribution in [0.2, 0.25) is 0 Å². The van der Waals surface area contributed by atoms with Gasteiger partial charge in [-0.3, -0.25) is 15.7 Å². The standard InChI is InChI=1S/C23H25N3O2/c1-16-9-12-19(13-10-16)25-23(26-27)18-11-14-22(24-15-18)28-21-8-4-6-17-5-2-3-7-20(17)21/h2-8,11,14-16,19,27H,9-10,12-13H2,1H3,(H,25,26). The molecule has 1 aromatic heterocycles. The summed E-state index contributed by atoms with van der Waals surface area (Å²) in [6.45, 7) is 2.28. The molecule has 5 nitrogen and oxygen atoms in total. The van der Waals surface area contributed by atoms with Crippen molar-refractivity contribution in [3.05, 3.63) is 66.4 Å². The van der Waals surface area contributed by atoms with E-state index in [0.717, 1.165) is 40.8 Å². The summed E-state index contributed by atoms with van der Waals surface area (Å²) in [6.07, 6.45) is 6.16. The van der Waals surface area contributed by atoms with Gasteiger partial charge in [-0.05, 0) is 49.1 Å². The number of nitrogens with zero attached hydrogens (tertiary/aromatic N) is 2. The highest BCUT2D eigenvalue weighted by Gasteiger charge is 2.18. The minimum absolute atomic E-state index is 0.248. The van der Waals surface area contributed by atoms with Crippen molar-refractivity contribution < 1.29 is 9.94 Å². The molecule has 0 saturated heterocycles. The topological polar surface area (TPSA) is 66.7 Å². The van der Waals surface area contributed by atoms with Gasteiger partial charge in [-0.15, -0.1) is 0 Å². The van der Waals surface area contributed by atoms with E-state index in [1.54, 1.807) is 12.3 Å². The van der Waals surface area contributed by atoms with Crippen LogP contribution in [-0.4, -0.2) is 22.1 Å². The van der Waals surface area contributed by atoms with E-state index in [9.17, 15) is 5.21 Å². The third-order valence-corrected chi connectivity index (χ3v) is 5.38. The summed E-state index contributed by atoms with van der Waals surface area (Å²) in [7, 11) is 0. The third kappa shape index (κ3) is 4.15. The van der Waals surface area contributed by atoms with Gasteiger partial charge in [0.05, 0.1) is 6.04 Å². The second-order valence-electron chi connectivity index (χ2n) is 7.47. The largest absolute Gasteiger partial charge is 0.438 e. The van der Waals surface area contributed by atoms with E-state index in [-0.39, 0.29) is 6.04 Å². The lowest BCUT2D eigenvalue weighted by molar-refractivity contribution is 0.233. The van der Waals surface area contributed by atoms with Gasteiger partial charge in [-0.1, -0.05) is 43.3 Å². The Balaban J connectivity index is 1.51. The molecule has 0 amide bonds. The number of hydroxylamine groups is 1. The van der Waals surface area contributed by atoms with Crippen LogP contribution in [0.1, 0.15) is 38.2 Å². The smallest absolute Gasteiger partial charge is 0.219 e. The first kappa shape index (κ1) is 18.4. The number of rotatable bonds is 4. The molecule has 144 valence electrons. The molecule has 0 bridgehead atoms. The maximum atomic E-state index is 9.55. The van der Waals surface area contributed by atoms with Crippen molar-refractivity contribution in [1.82, 2.24) is 10.5 Å². The van der Waals surface area contributed by atoms with Gasteiger partial charge in [-0.2, -0.15) is 0 Å². The molecule has 5 heteroatoms. The van der Waals surface area contributed by atoms with Crippen LogP contribution in [0.4, 0.5) is 0 Å². The third-order valence-electron chi connectivity index (χ3n) is 5.38. The number of amidine groups is 1. The number of benzene rings is 2. The van der Waals surface area contributed by atoms with E-state index in [1.165, 1.54) is 12.8 Å². The number of nitrogens with one attached hydrogen (secondary N) is 1. The van der Waals surface area contributed by atoms with Gasteiger partial charge in [0, 0.05) is 23.2 Å². The molecule has 1 fully saturated rings. The maximum Gasteiger partial charge on any atom is 0.219 e. The molecule has 0 atom stereocenters. The second-order valence-corrected chi connectivity index (χ2v) is 7.47. The van der Waals surface area contributed by atoms with Crippen LogP contribution in [0.5, 0.6) is 11.6 Å². The highest BCUT2D eigenvalue weighted by Crippen LogP contribution is 2.29. The molecule has 1 aliphatic carbocycles. The van der Waals surface area contributed by atoms with Crippen molar-refractivity contribution in [3.8, 4) is 11.6 Å². The summed E-state index contributed by atoms with van der Waals surface area (Å²) in [4.78, 5) is 9.09. The number of aromatic nitrogens is 1. The van der Waals surface area contributed by atoms with E-state index in [4.69, 9.17) is 4.74 Å². The predicted molar refractivity (Wildman–Crippen MR) is 111 cm³/mol. The Kier molecular flexibility index (Phi) is 5.53. The molecule has 1 saturated carbocycles. The van der Waals surface area contributed by atoms with Gasteiger partial charge in [0.15, 0.2) is 5.84 Å². The number of hydrogen-bond acceptors (Lipinski definition) is 4. The van der Waals surface area contributed by atoms with Crippen molar-refractivity contribution in [2.45, 2.75) is 38.6 Å². The monoisotopic (exact) mass is 375 g/mol. The van der Waals surface area contributed by atoms with Gasteiger partial charge < -0.3 is 4.74 Å². The number of fused-ring (bicyclic) bond motifs is 1. The van der Waals surface area contributed by atoms with Crippen LogP contribution < -0.4 is 10.2 Å². The summed E-state index contributed by atoms with van der Waals surface area (Å²) in [5, 5.41) is 11.7. The average molecular weight is 375 g/mol. The zero-order chi connectivity index (χ0) is 19.3. The predicted octanol–water partition coefficient (Wildman–Crippen LogP) is 5.33.